The number of nitrogen functional groups attached to an aromatic ring is 1. The van der Waals surface area contributed by atoms with Crippen molar-refractivity contribution >= 4 is 23.6 Å². The second kappa shape index (κ2) is 5.86. The minimum atomic E-state index is -0.677. The van der Waals surface area contributed by atoms with Crippen LogP contribution in [0, 0.1) is 11.3 Å². The lowest BCUT2D eigenvalue weighted by molar-refractivity contribution is -0.150. The molecular weight excluding hydrogens is 294 g/mol. The van der Waals surface area contributed by atoms with Gasteiger partial charge >= 0.3 is 5.97 Å². The summed E-state index contributed by atoms with van der Waals surface area (Å²) in [5.41, 5.74) is 5.25. The van der Waals surface area contributed by atoms with Crippen LogP contribution < -0.4 is 15.5 Å². The number of carbonyl (C=O) groups is 1. The third-order valence-electron chi connectivity index (χ3n) is 4.85. The van der Waals surface area contributed by atoms with Gasteiger partial charge in [-0.25, -0.2) is 0 Å². The zero-order valence-corrected chi connectivity index (χ0v) is 13.8. The molecule has 23 heavy (non-hydrogen) atoms. The topological polar surface area (TPSA) is 95.6 Å². The second-order valence-corrected chi connectivity index (χ2v) is 7.10. The van der Waals surface area contributed by atoms with Crippen LogP contribution in [0.25, 0.3) is 0 Å². The number of hydrogen-bond donors (Lipinski definition) is 2. The van der Waals surface area contributed by atoms with Crippen LogP contribution in [0.5, 0.6) is 0 Å². The maximum Gasteiger partial charge on any atom is 0.311 e. The van der Waals surface area contributed by atoms with Crippen molar-refractivity contribution in [3.8, 4) is 0 Å². The van der Waals surface area contributed by atoms with Crippen LogP contribution >= 0.6 is 0 Å². The summed E-state index contributed by atoms with van der Waals surface area (Å²) < 4.78 is 0. The molecule has 1 aliphatic carbocycles. The van der Waals surface area contributed by atoms with Gasteiger partial charge in [0.25, 0.3) is 0 Å². The molecule has 0 amide bonds. The van der Waals surface area contributed by atoms with Crippen molar-refractivity contribution in [3.05, 3.63) is 6.07 Å². The molecule has 126 valence electrons. The number of rotatable bonds is 5. The molecule has 0 radical (unpaired) electrons. The molecule has 2 fully saturated rings. The van der Waals surface area contributed by atoms with E-state index in [1.807, 2.05) is 14.1 Å². The molecule has 0 aromatic carbocycles. The smallest absolute Gasteiger partial charge is 0.311 e. The fourth-order valence-corrected chi connectivity index (χ4v) is 3.43. The van der Waals surface area contributed by atoms with Gasteiger partial charge in [0.2, 0.25) is 5.95 Å². The van der Waals surface area contributed by atoms with Gasteiger partial charge in [0.05, 0.1) is 5.41 Å². The van der Waals surface area contributed by atoms with Crippen molar-refractivity contribution in [1.82, 2.24) is 9.97 Å². The largest absolute Gasteiger partial charge is 0.481 e. The third-order valence-corrected chi connectivity index (χ3v) is 4.85. The number of nitrogens with two attached hydrogens (primary N) is 1. The summed E-state index contributed by atoms with van der Waals surface area (Å²) in [6.07, 6.45) is 4.72. The minimum absolute atomic E-state index is 0.410. The highest BCUT2D eigenvalue weighted by molar-refractivity contribution is 5.76. The number of anilines is 3. The SMILES string of the molecule is CN(C)c1nc(N)cc(N2CCCC(CC3CC3)(C(=O)O)C2)n1. The molecular formula is C16H25N5O2. The zero-order chi connectivity index (χ0) is 16.6. The third kappa shape index (κ3) is 3.33. The van der Waals surface area contributed by atoms with E-state index in [9.17, 15) is 9.90 Å². The van der Waals surface area contributed by atoms with Crippen molar-refractivity contribution in [1.29, 1.82) is 0 Å². The number of carboxylic acid groups (broad SMARTS) is 1. The Bertz CT molecular complexity index is 602. The van der Waals surface area contributed by atoms with E-state index in [1.165, 1.54) is 12.8 Å². The lowest BCUT2D eigenvalue weighted by Crippen LogP contribution is -2.48. The Morgan fingerprint density at radius 1 is 1.48 bits per heavy atom. The Hall–Kier alpha value is -2.05. The number of aromatic nitrogens is 2. The van der Waals surface area contributed by atoms with E-state index in [2.05, 4.69) is 14.9 Å². The van der Waals surface area contributed by atoms with Gasteiger partial charge < -0.3 is 20.6 Å². The van der Waals surface area contributed by atoms with Crippen molar-refractivity contribution < 1.29 is 9.90 Å². The van der Waals surface area contributed by atoms with E-state index in [-0.39, 0.29) is 0 Å². The summed E-state index contributed by atoms with van der Waals surface area (Å²) in [6, 6.07) is 1.74. The van der Waals surface area contributed by atoms with Gasteiger partial charge in [-0.05, 0) is 25.2 Å². The van der Waals surface area contributed by atoms with Gasteiger partial charge in [-0.15, -0.1) is 0 Å². The first kappa shape index (κ1) is 15.8. The molecule has 3 N–H and O–H groups in total. The van der Waals surface area contributed by atoms with Gasteiger partial charge in [-0.2, -0.15) is 9.97 Å². The first-order valence-electron chi connectivity index (χ1n) is 8.20. The van der Waals surface area contributed by atoms with Crippen LogP contribution in [0.15, 0.2) is 6.07 Å². The van der Waals surface area contributed by atoms with Crippen LogP contribution in [-0.4, -0.2) is 48.2 Å². The Labute approximate surface area is 136 Å². The van der Waals surface area contributed by atoms with Crippen molar-refractivity contribution in [2.75, 3.05) is 42.7 Å². The Morgan fingerprint density at radius 2 is 2.22 bits per heavy atom. The predicted molar refractivity (Wildman–Crippen MR) is 89.6 cm³/mol. The van der Waals surface area contributed by atoms with Crippen molar-refractivity contribution in [2.45, 2.75) is 32.1 Å². The van der Waals surface area contributed by atoms with Crippen molar-refractivity contribution in [3.63, 3.8) is 0 Å². The quantitative estimate of drug-likeness (QED) is 0.851. The van der Waals surface area contributed by atoms with Crippen LogP contribution in [0.4, 0.5) is 17.6 Å². The molecule has 1 aromatic rings. The van der Waals surface area contributed by atoms with Crippen LogP contribution in [0.1, 0.15) is 32.1 Å². The van der Waals surface area contributed by atoms with E-state index in [0.717, 1.165) is 31.6 Å². The summed E-state index contributed by atoms with van der Waals surface area (Å²) in [7, 11) is 3.73. The van der Waals surface area contributed by atoms with E-state index in [0.29, 0.717) is 24.2 Å². The standard InChI is InChI=1S/C16H25N5O2/c1-20(2)15-18-12(17)8-13(19-15)21-7-3-6-16(10-21,14(22)23)9-11-4-5-11/h8,11H,3-7,9-10H2,1-2H3,(H,22,23)(H2,17,18,19). The van der Waals surface area contributed by atoms with E-state index >= 15 is 0 Å². The molecule has 2 aliphatic rings. The summed E-state index contributed by atoms with van der Waals surface area (Å²) in [6.45, 7) is 1.31. The molecule has 3 rings (SSSR count). The molecule has 2 heterocycles. The highest BCUT2D eigenvalue weighted by atomic mass is 16.4. The Morgan fingerprint density at radius 3 is 2.83 bits per heavy atom. The monoisotopic (exact) mass is 319 g/mol. The lowest BCUT2D eigenvalue weighted by Gasteiger charge is -2.40. The van der Waals surface area contributed by atoms with Crippen LogP contribution in [-0.2, 0) is 4.79 Å². The van der Waals surface area contributed by atoms with Gasteiger partial charge in [0, 0.05) is 33.3 Å². The molecule has 1 aromatic heterocycles. The molecule has 7 nitrogen and oxygen atoms in total. The zero-order valence-electron chi connectivity index (χ0n) is 13.8. The summed E-state index contributed by atoms with van der Waals surface area (Å²) in [5, 5.41) is 9.84. The average molecular weight is 319 g/mol. The van der Waals surface area contributed by atoms with Crippen molar-refractivity contribution in [2.24, 2.45) is 11.3 Å². The number of nitrogens with zero attached hydrogens (tertiary/aromatic N) is 4. The molecule has 0 bridgehead atoms. The van der Waals surface area contributed by atoms with E-state index < -0.39 is 11.4 Å². The van der Waals surface area contributed by atoms with Crippen LogP contribution in [0.3, 0.4) is 0 Å². The molecule has 0 spiro atoms. The minimum Gasteiger partial charge on any atom is -0.481 e. The first-order valence-corrected chi connectivity index (χ1v) is 8.20. The van der Waals surface area contributed by atoms with Gasteiger partial charge in [-0.3, -0.25) is 4.79 Å². The fraction of sp³-hybridized carbons (Fsp3) is 0.688. The molecule has 1 saturated carbocycles. The number of carboxylic acids is 1. The molecule has 7 heteroatoms. The predicted octanol–water partition coefficient (Wildman–Crippen LogP) is 1.60. The lowest BCUT2D eigenvalue weighted by atomic mass is 9.75. The Kier molecular flexibility index (Phi) is 4.04. The van der Waals surface area contributed by atoms with E-state index in [1.54, 1.807) is 11.0 Å². The van der Waals surface area contributed by atoms with Gasteiger partial charge in [0.1, 0.15) is 11.6 Å². The number of piperidine rings is 1. The molecule has 1 atom stereocenters. The van der Waals surface area contributed by atoms with Gasteiger partial charge in [0.15, 0.2) is 0 Å². The fourth-order valence-electron chi connectivity index (χ4n) is 3.43. The molecule has 1 unspecified atom stereocenters. The van der Waals surface area contributed by atoms with E-state index in [4.69, 9.17) is 5.73 Å². The average Bonchev–Trinajstić information content (AvgIpc) is 3.30. The molecule has 1 saturated heterocycles. The maximum atomic E-state index is 12.0. The highest BCUT2D eigenvalue weighted by Gasteiger charge is 2.46. The van der Waals surface area contributed by atoms with Crippen LogP contribution in [0.2, 0.25) is 0 Å². The second-order valence-electron chi connectivity index (χ2n) is 7.10. The summed E-state index contributed by atoms with van der Waals surface area (Å²) in [5.74, 6) is 1.59. The Balaban J connectivity index is 1.86. The summed E-state index contributed by atoms with van der Waals surface area (Å²) in [4.78, 5) is 24.6. The summed E-state index contributed by atoms with van der Waals surface area (Å²) >= 11 is 0. The number of aliphatic carboxylic acids is 1. The highest BCUT2D eigenvalue weighted by Crippen LogP contribution is 2.45. The maximum absolute atomic E-state index is 12.0. The van der Waals surface area contributed by atoms with Gasteiger partial charge in [-0.1, -0.05) is 12.8 Å². The first-order chi connectivity index (χ1) is 10.9. The normalized spacial score (nSPS) is 24.5. The molecule has 1 aliphatic heterocycles. The number of hydrogen-bond acceptors (Lipinski definition) is 6.